The van der Waals surface area contributed by atoms with Crippen molar-refractivity contribution in [1.29, 1.82) is 0 Å². The van der Waals surface area contributed by atoms with Gasteiger partial charge in [-0.2, -0.15) is 0 Å². The topological polar surface area (TPSA) is 389 Å². The van der Waals surface area contributed by atoms with Crippen molar-refractivity contribution < 1.29 is 113 Å². The standard InChI is InChI=1S/C37H58N2O20.C4H10O3/c1-19(42)38-28-22(44)16-37(35(50)51,58-23(28)15-21(43)17-40)59-32-30(47)26(18-41)56-34(31(32)48)57-36(55-12-10-8-6-5-7-9-11-27(45)54-4)39-33(49)20-13-24(52-2)29(46)25(14-20)53-3;1-3(6)4(7)2-5/h13-14,21-23,26,28,30-32,34,36,40-41,43-44,46-48H,5-12,15-18H2,1-4H3,(H,38,42)(H,39,49)(H,50,51);3-7H,2H2,1H3/t21?,22-,23?,26+,28?,30?,31?,32?,34?,36-,37?;3-,4?/m10/s1. The molecule has 0 aromatic heterocycles. The van der Waals surface area contributed by atoms with E-state index in [1.807, 2.05) is 0 Å². The highest BCUT2D eigenvalue weighted by atomic mass is 16.8. The van der Waals surface area contributed by atoms with E-state index in [0.29, 0.717) is 25.7 Å². The van der Waals surface area contributed by atoms with Gasteiger partial charge in [0.15, 0.2) is 17.8 Å². The van der Waals surface area contributed by atoms with Crippen LogP contribution in [-0.2, 0) is 42.8 Å². The van der Waals surface area contributed by atoms with Gasteiger partial charge in [0.05, 0.1) is 78.2 Å². The lowest BCUT2D eigenvalue weighted by Gasteiger charge is -2.49. The third-order valence-electron chi connectivity index (χ3n) is 10.5. The molecule has 2 aliphatic rings. The average Bonchev–Trinajstić information content (AvgIpc) is 3.28. The van der Waals surface area contributed by atoms with Crippen LogP contribution in [0.2, 0.25) is 0 Å². The molecule has 3 rings (SSSR count). The summed E-state index contributed by atoms with van der Waals surface area (Å²) in [7, 11) is 3.83. The Labute approximate surface area is 381 Å². The number of benzene rings is 1. The maximum absolute atomic E-state index is 13.5. The molecular formula is C41H68N2O23. The van der Waals surface area contributed by atoms with E-state index in [9.17, 15) is 60.0 Å². The second kappa shape index (κ2) is 29.0. The zero-order valence-corrected chi connectivity index (χ0v) is 37.6. The van der Waals surface area contributed by atoms with Gasteiger partial charge in [-0.15, -0.1) is 0 Å². The molecule has 0 aliphatic carbocycles. The zero-order valence-electron chi connectivity index (χ0n) is 37.6. The Kier molecular flexibility index (Phi) is 25.5. The normalized spacial score (nSPS) is 26.9. The maximum atomic E-state index is 13.5. The Bertz CT molecular complexity index is 1610. The monoisotopic (exact) mass is 956 g/mol. The molecule has 13 N–H and O–H groups in total. The van der Waals surface area contributed by atoms with E-state index in [4.69, 9.17) is 48.5 Å². The van der Waals surface area contributed by atoms with Crippen LogP contribution in [0.4, 0.5) is 0 Å². The lowest BCUT2D eigenvalue weighted by atomic mass is 9.89. The van der Waals surface area contributed by atoms with Gasteiger partial charge in [-0.1, -0.05) is 25.7 Å². The molecule has 2 fully saturated rings. The van der Waals surface area contributed by atoms with Gasteiger partial charge in [0.1, 0.15) is 30.5 Å². The van der Waals surface area contributed by atoms with Crippen molar-refractivity contribution in [2.45, 2.75) is 151 Å². The molecule has 380 valence electrons. The number of nitrogens with one attached hydrogen (secondary N) is 2. The molecule has 0 spiro atoms. The van der Waals surface area contributed by atoms with Crippen LogP contribution in [0.5, 0.6) is 17.2 Å². The first-order valence-corrected chi connectivity index (χ1v) is 21.2. The molecule has 0 radical (unpaired) electrons. The van der Waals surface area contributed by atoms with Crippen LogP contribution in [0.15, 0.2) is 12.1 Å². The first kappa shape index (κ1) is 58.1. The number of hydrogen-bond acceptors (Lipinski definition) is 22. The van der Waals surface area contributed by atoms with Crippen LogP contribution < -0.4 is 20.1 Å². The number of unbranched alkanes of at least 4 members (excludes halogenated alkanes) is 5. The van der Waals surface area contributed by atoms with Crippen LogP contribution in [0.3, 0.4) is 0 Å². The number of rotatable bonds is 26. The van der Waals surface area contributed by atoms with Crippen molar-refractivity contribution in [3.63, 3.8) is 0 Å². The number of phenols is 1. The number of carbonyl (C=O) groups excluding carboxylic acids is 3. The maximum Gasteiger partial charge on any atom is 0.364 e. The van der Waals surface area contributed by atoms with E-state index in [1.165, 1.54) is 40.4 Å². The van der Waals surface area contributed by atoms with E-state index in [-0.39, 0.29) is 42.0 Å². The molecule has 2 heterocycles. The first-order valence-electron chi connectivity index (χ1n) is 21.2. The van der Waals surface area contributed by atoms with Gasteiger partial charge in [0, 0.05) is 31.7 Å². The summed E-state index contributed by atoms with van der Waals surface area (Å²) in [5.41, 5.74) is -0.0922. The number of hydrogen-bond donors (Lipinski definition) is 13. The van der Waals surface area contributed by atoms with Crippen LogP contribution in [0.1, 0.15) is 82.0 Å². The summed E-state index contributed by atoms with van der Waals surface area (Å²) in [6, 6.07) is 1.12. The number of esters is 1. The van der Waals surface area contributed by atoms with Crippen molar-refractivity contribution in [2.24, 2.45) is 0 Å². The van der Waals surface area contributed by atoms with Crippen molar-refractivity contribution in [1.82, 2.24) is 10.6 Å². The smallest absolute Gasteiger partial charge is 0.364 e. The number of aliphatic hydroxyl groups excluding tert-OH is 9. The van der Waals surface area contributed by atoms with Gasteiger partial charge in [0.2, 0.25) is 18.1 Å². The second-order valence-electron chi connectivity index (χ2n) is 15.6. The van der Waals surface area contributed by atoms with Gasteiger partial charge in [-0.25, -0.2) is 4.79 Å². The minimum atomic E-state index is -2.86. The summed E-state index contributed by atoms with van der Waals surface area (Å²) in [6.45, 7) is 0.441. The SMILES string of the molecule is COC(=O)CCCCCCCCO[C@@H](NC(=O)c1cc(OC)c(O)c(OC)c1)OC1O[C@@H](CO)C(O)C(OC2(C(=O)O)C[C@@H](O)C(NC(C)=O)C(CC(O)CO)O2)C1O.C[C@H](O)C(O)CO. The molecule has 0 bridgehead atoms. The van der Waals surface area contributed by atoms with Gasteiger partial charge >= 0.3 is 11.9 Å². The molecule has 13 atom stereocenters. The number of phenolic OH excluding ortho intramolecular Hbond substituents is 1. The second-order valence-corrected chi connectivity index (χ2v) is 15.6. The highest BCUT2D eigenvalue weighted by molar-refractivity contribution is 5.95. The Balaban J connectivity index is 0.00000197. The molecule has 66 heavy (non-hydrogen) atoms. The molecule has 1 aromatic carbocycles. The molecular weight excluding hydrogens is 888 g/mol. The molecule has 25 heteroatoms. The summed E-state index contributed by atoms with van der Waals surface area (Å²) in [5, 5.41) is 114. The highest BCUT2D eigenvalue weighted by Crippen LogP contribution is 2.39. The number of aromatic hydroxyl groups is 1. The first-order chi connectivity index (χ1) is 31.2. The lowest BCUT2D eigenvalue weighted by Crippen LogP contribution is -2.68. The number of aliphatic hydroxyl groups is 9. The number of amides is 2. The van der Waals surface area contributed by atoms with Gasteiger partial charge in [-0.3, -0.25) is 14.4 Å². The summed E-state index contributed by atoms with van der Waals surface area (Å²) in [5.74, 6) is -7.07. The van der Waals surface area contributed by atoms with Crippen LogP contribution in [0, 0.1) is 0 Å². The quantitative estimate of drug-likeness (QED) is 0.0251. The highest BCUT2D eigenvalue weighted by Gasteiger charge is 2.58. The zero-order chi connectivity index (χ0) is 49.7. The molecule has 25 nitrogen and oxygen atoms in total. The van der Waals surface area contributed by atoms with Crippen LogP contribution in [-0.4, -0.2) is 207 Å². The lowest BCUT2D eigenvalue weighted by molar-refractivity contribution is -0.379. The third kappa shape index (κ3) is 17.5. The number of carbonyl (C=O) groups is 4. The van der Waals surface area contributed by atoms with E-state index in [1.54, 1.807) is 0 Å². The average molecular weight is 957 g/mol. The predicted octanol–water partition coefficient (Wildman–Crippen LogP) is -2.92. The fourth-order valence-electron chi connectivity index (χ4n) is 6.74. The Hall–Kier alpha value is -4.06. The molecule has 2 saturated heterocycles. The number of aliphatic carboxylic acids is 1. The van der Waals surface area contributed by atoms with Gasteiger partial charge in [-0.05, 0) is 31.9 Å². The van der Waals surface area contributed by atoms with Crippen molar-refractivity contribution in [3.05, 3.63) is 17.7 Å². The summed E-state index contributed by atoms with van der Waals surface area (Å²) in [6.07, 6.45) is -14.7. The minimum absolute atomic E-state index is 0.0193. The number of methoxy groups -OCH3 is 3. The Morgan fingerprint density at radius 3 is 1.98 bits per heavy atom. The van der Waals surface area contributed by atoms with Crippen LogP contribution >= 0.6 is 0 Å². The van der Waals surface area contributed by atoms with E-state index >= 15 is 0 Å². The summed E-state index contributed by atoms with van der Waals surface area (Å²) < 4.78 is 43.8. The summed E-state index contributed by atoms with van der Waals surface area (Å²) in [4.78, 5) is 49.6. The fourth-order valence-corrected chi connectivity index (χ4v) is 6.74. The molecule has 9 unspecified atom stereocenters. The number of carboxylic acids is 1. The number of carboxylic acid groups (broad SMARTS) is 1. The van der Waals surface area contributed by atoms with Crippen molar-refractivity contribution >= 4 is 23.8 Å². The fraction of sp³-hybridized carbons (Fsp3) is 0.756. The molecule has 2 aliphatic heterocycles. The van der Waals surface area contributed by atoms with Crippen LogP contribution in [0.25, 0.3) is 0 Å². The Morgan fingerprint density at radius 1 is 0.879 bits per heavy atom. The largest absolute Gasteiger partial charge is 0.502 e. The van der Waals surface area contributed by atoms with Gasteiger partial charge < -0.3 is 105 Å². The van der Waals surface area contributed by atoms with Gasteiger partial charge in [0.25, 0.3) is 11.7 Å². The molecule has 2 amide bonds. The minimum Gasteiger partial charge on any atom is -0.502 e. The van der Waals surface area contributed by atoms with Crippen molar-refractivity contribution in [3.8, 4) is 17.2 Å². The van der Waals surface area contributed by atoms with E-state index in [2.05, 4.69) is 15.4 Å². The van der Waals surface area contributed by atoms with E-state index in [0.717, 1.165) is 26.2 Å². The Morgan fingerprint density at radius 2 is 1.48 bits per heavy atom. The molecule has 1 aromatic rings. The summed E-state index contributed by atoms with van der Waals surface area (Å²) >= 11 is 0. The molecule has 0 saturated carbocycles. The number of ether oxygens (including phenoxy) is 8. The van der Waals surface area contributed by atoms with Crippen molar-refractivity contribution in [2.75, 3.05) is 47.8 Å². The third-order valence-corrected chi connectivity index (χ3v) is 10.5. The van der Waals surface area contributed by atoms with E-state index < -0.39 is 123 Å². The predicted molar refractivity (Wildman–Crippen MR) is 222 cm³/mol.